The summed E-state index contributed by atoms with van der Waals surface area (Å²) in [5.41, 5.74) is 8.05. The molecule has 0 bridgehead atoms. The van der Waals surface area contributed by atoms with Gasteiger partial charge < -0.3 is 10.5 Å². The Morgan fingerprint density at radius 2 is 2.10 bits per heavy atom. The van der Waals surface area contributed by atoms with Crippen LogP contribution < -0.4 is 10.5 Å². The van der Waals surface area contributed by atoms with Crippen LogP contribution in [-0.4, -0.2) is 29.1 Å². The van der Waals surface area contributed by atoms with Gasteiger partial charge in [0.2, 0.25) is 0 Å². The molecule has 3 rings (SSSR count). The largest absolute Gasteiger partial charge is 0.489 e. The summed E-state index contributed by atoms with van der Waals surface area (Å²) in [6.45, 7) is 3.48. The Balaban J connectivity index is 1.57. The zero-order valence-electron chi connectivity index (χ0n) is 12.1. The lowest BCUT2D eigenvalue weighted by molar-refractivity contribution is 0.196. The average molecular weight is 283 g/mol. The van der Waals surface area contributed by atoms with Gasteiger partial charge >= 0.3 is 0 Å². The van der Waals surface area contributed by atoms with E-state index in [9.17, 15) is 0 Å². The lowest BCUT2D eigenvalue weighted by atomic mass is 10.2. The van der Waals surface area contributed by atoms with Gasteiger partial charge in [0, 0.05) is 44.1 Å². The average Bonchev–Trinajstić information content (AvgIpc) is 2.96. The molecule has 2 heterocycles. The molecule has 4 nitrogen and oxygen atoms in total. The predicted octanol–water partition coefficient (Wildman–Crippen LogP) is 2.19. The van der Waals surface area contributed by atoms with Crippen molar-refractivity contribution in [1.82, 2.24) is 9.88 Å². The second kappa shape index (κ2) is 6.70. The molecule has 110 valence electrons. The van der Waals surface area contributed by atoms with Crippen LogP contribution in [0.15, 0.2) is 48.8 Å². The highest BCUT2D eigenvalue weighted by atomic mass is 16.5. The molecule has 1 atom stereocenters. The first-order chi connectivity index (χ1) is 10.3. The topological polar surface area (TPSA) is 51.4 Å². The number of aromatic nitrogens is 1. The van der Waals surface area contributed by atoms with Crippen LogP contribution in [0.5, 0.6) is 5.75 Å². The molecule has 0 aliphatic carbocycles. The lowest BCUT2D eigenvalue weighted by Gasteiger charge is -2.18. The molecular formula is C17H21N3O. The number of benzene rings is 1. The molecule has 2 aromatic rings. The lowest BCUT2D eigenvalue weighted by Crippen LogP contribution is -2.25. The van der Waals surface area contributed by atoms with E-state index in [1.54, 1.807) is 12.4 Å². The van der Waals surface area contributed by atoms with Gasteiger partial charge in [-0.05, 0) is 18.1 Å². The summed E-state index contributed by atoms with van der Waals surface area (Å²) in [5, 5.41) is 0. The standard InChI is InChI=1S/C17H21N3O/c18-10-15-11-19-8-6-17(15)21-16-7-9-20(13-16)12-14-4-2-1-3-5-14/h1-6,8,11,16H,7,9-10,12-13,18H2. The van der Waals surface area contributed by atoms with E-state index < -0.39 is 0 Å². The summed E-state index contributed by atoms with van der Waals surface area (Å²) in [7, 11) is 0. The Kier molecular flexibility index (Phi) is 4.48. The minimum Gasteiger partial charge on any atom is -0.489 e. The van der Waals surface area contributed by atoms with E-state index in [1.165, 1.54) is 5.56 Å². The van der Waals surface area contributed by atoms with Gasteiger partial charge in [-0.25, -0.2) is 0 Å². The molecule has 1 aliphatic rings. The van der Waals surface area contributed by atoms with Crippen molar-refractivity contribution >= 4 is 0 Å². The molecule has 21 heavy (non-hydrogen) atoms. The number of ether oxygens (including phenoxy) is 1. The molecule has 1 aromatic carbocycles. The summed E-state index contributed by atoms with van der Waals surface area (Å²) >= 11 is 0. The summed E-state index contributed by atoms with van der Waals surface area (Å²) in [6, 6.07) is 12.5. The normalized spacial score (nSPS) is 18.8. The van der Waals surface area contributed by atoms with Crippen molar-refractivity contribution < 1.29 is 4.74 Å². The van der Waals surface area contributed by atoms with E-state index in [-0.39, 0.29) is 6.10 Å². The smallest absolute Gasteiger partial charge is 0.127 e. The van der Waals surface area contributed by atoms with Gasteiger partial charge in [0.05, 0.1) is 0 Å². The molecule has 1 unspecified atom stereocenters. The zero-order chi connectivity index (χ0) is 14.5. The second-order valence-electron chi connectivity index (χ2n) is 5.44. The third-order valence-corrected chi connectivity index (χ3v) is 3.85. The third-order valence-electron chi connectivity index (χ3n) is 3.85. The Labute approximate surface area is 125 Å². The minimum absolute atomic E-state index is 0.237. The first-order valence-electron chi connectivity index (χ1n) is 7.41. The summed E-state index contributed by atoms with van der Waals surface area (Å²) in [5.74, 6) is 0.874. The van der Waals surface area contributed by atoms with E-state index in [1.807, 2.05) is 6.07 Å². The highest BCUT2D eigenvalue weighted by Gasteiger charge is 2.24. The maximum atomic E-state index is 6.10. The predicted molar refractivity (Wildman–Crippen MR) is 82.9 cm³/mol. The van der Waals surface area contributed by atoms with Crippen molar-refractivity contribution in [2.75, 3.05) is 13.1 Å². The van der Waals surface area contributed by atoms with E-state index in [2.05, 4.69) is 40.2 Å². The highest BCUT2D eigenvalue weighted by Crippen LogP contribution is 2.22. The summed E-state index contributed by atoms with van der Waals surface area (Å²) in [6.07, 6.45) is 4.83. The van der Waals surface area contributed by atoms with Crippen molar-refractivity contribution in [3.63, 3.8) is 0 Å². The van der Waals surface area contributed by atoms with Crippen molar-refractivity contribution in [2.24, 2.45) is 5.73 Å². The van der Waals surface area contributed by atoms with Gasteiger partial charge in [0.1, 0.15) is 11.9 Å². The molecule has 1 fully saturated rings. The second-order valence-corrected chi connectivity index (χ2v) is 5.44. The van der Waals surface area contributed by atoms with Crippen molar-refractivity contribution in [1.29, 1.82) is 0 Å². The number of nitrogens with zero attached hydrogens (tertiary/aromatic N) is 2. The Hall–Kier alpha value is -1.91. The highest BCUT2D eigenvalue weighted by molar-refractivity contribution is 5.30. The van der Waals surface area contributed by atoms with Crippen LogP contribution in [0, 0.1) is 0 Å². The third kappa shape index (κ3) is 3.60. The first-order valence-corrected chi connectivity index (χ1v) is 7.41. The van der Waals surface area contributed by atoms with Gasteiger partial charge in [-0.3, -0.25) is 9.88 Å². The molecular weight excluding hydrogens is 262 g/mol. The zero-order valence-corrected chi connectivity index (χ0v) is 12.1. The maximum Gasteiger partial charge on any atom is 0.127 e. The maximum absolute atomic E-state index is 6.10. The van der Waals surface area contributed by atoms with Crippen LogP contribution >= 0.6 is 0 Å². The van der Waals surface area contributed by atoms with Crippen molar-refractivity contribution in [3.05, 3.63) is 59.9 Å². The fourth-order valence-corrected chi connectivity index (χ4v) is 2.74. The number of rotatable bonds is 5. The molecule has 4 heteroatoms. The SMILES string of the molecule is NCc1cnccc1OC1CCN(Cc2ccccc2)C1. The van der Waals surface area contributed by atoms with Crippen LogP contribution in [0.25, 0.3) is 0 Å². The summed E-state index contributed by atoms with van der Waals surface area (Å²) in [4.78, 5) is 6.52. The number of hydrogen-bond donors (Lipinski definition) is 1. The van der Waals surface area contributed by atoms with Gasteiger partial charge in [-0.15, -0.1) is 0 Å². The Morgan fingerprint density at radius 1 is 1.24 bits per heavy atom. The molecule has 1 aliphatic heterocycles. The molecule has 0 radical (unpaired) electrons. The molecule has 0 spiro atoms. The van der Waals surface area contributed by atoms with Gasteiger partial charge in [-0.2, -0.15) is 0 Å². The van der Waals surface area contributed by atoms with E-state index >= 15 is 0 Å². The van der Waals surface area contributed by atoms with Crippen molar-refractivity contribution in [3.8, 4) is 5.75 Å². The monoisotopic (exact) mass is 283 g/mol. The Bertz CT molecular complexity index is 573. The molecule has 2 N–H and O–H groups in total. The number of nitrogens with two attached hydrogens (primary N) is 1. The van der Waals surface area contributed by atoms with Crippen LogP contribution in [0.4, 0.5) is 0 Å². The quantitative estimate of drug-likeness (QED) is 0.914. The van der Waals surface area contributed by atoms with Crippen LogP contribution in [0.1, 0.15) is 17.5 Å². The van der Waals surface area contributed by atoms with E-state index in [0.717, 1.165) is 37.4 Å². The number of likely N-dealkylation sites (tertiary alicyclic amines) is 1. The molecule has 0 amide bonds. The number of pyridine rings is 1. The van der Waals surface area contributed by atoms with E-state index in [4.69, 9.17) is 10.5 Å². The van der Waals surface area contributed by atoms with Crippen molar-refractivity contribution in [2.45, 2.75) is 25.6 Å². The Morgan fingerprint density at radius 3 is 2.90 bits per heavy atom. The number of hydrogen-bond acceptors (Lipinski definition) is 4. The van der Waals surface area contributed by atoms with Crippen LogP contribution in [0.3, 0.4) is 0 Å². The fraction of sp³-hybridized carbons (Fsp3) is 0.353. The van der Waals surface area contributed by atoms with Gasteiger partial charge in [-0.1, -0.05) is 30.3 Å². The first kappa shape index (κ1) is 14.0. The molecule has 0 saturated carbocycles. The van der Waals surface area contributed by atoms with Gasteiger partial charge in [0.25, 0.3) is 0 Å². The van der Waals surface area contributed by atoms with E-state index in [0.29, 0.717) is 6.54 Å². The fourth-order valence-electron chi connectivity index (χ4n) is 2.74. The summed E-state index contributed by atoms with van der Waals surface area (Å²) < 4.78 is 6.10. The van der Waals surface area contributed by atoms with Crippen LogP contribution in [-0.2, 0) is 13.1 Å². The van der Waals surface area contributed by atoms with Crippen LogP contribution in [0.2, 0.25) is 0 Å². The van der Waals surface area contributed by atoms with Gasteiger partial charge in [0.15, 0.2) is 0 Å². The molecule has 1 saturated heterocycles. The minimum atomic E-state index is 0.237. The molecule has 1 aromatic heterocycles.